The van der Waals surface area contributed by atoms with Gasteiger partial charge in [0.25, 0.3) is 0 Å². The number of halogens is 1. The van der Waals surface area contributed by atoms with E-state index in [-0.39, 0.29) is 12.6 Å². The first-order valence-electron chi connectivity index (χ1n) is 3.56. The molecule has 0 spiro atoms. The lowest BCUT2D eigenvalue weighted by molar-refractivity contribution is 0.268. The van der Waals surface area contributed by atoms with Crippen LogP contribution in [0.15, 0.2) is 22.7 Å². The number of aliphatic hydroxyl groups is 1. The maximum atomic E-state index is 8.78. The molecule has 0 heterocycles. The van der Waals surface area contributed by atoms with E-state index in [1.165, 1.54) is 0 Å². The molecule has 0 radical (unpaired) electrons. The predicted molar refractivity (Wildman–Crippen MR) is 52.6 cm³/mol. The minimum atomic E-state index is -0.332. The monoisotopic (exact) mass is 230 g/mol. The molecular weight excluding hydrogens is 220 g/mol. The van der Waals surface area contributed by atoms with Crippen LogP contribution in [-0.2, 0) is 0 Å². The molecule has 5 N–H and O–H groups in total. The minimum Gasteiger partial charge on any atom is -0.398 e. The molecule has 1 rings (SSSR count). The van der Waals surface area contributed by atoms with Gasteiger partial charge in [-0.3, -0.25) is 0 Å². The lowest BCUT2D eigenvalue weighted by Gasteiger charge is -2.09. The summed E-state index contributed by atoms with van der Waals surface area (Å²) in [7, 11) is 0. The molecule has 0 unspecified atom stereocenters. The van der Waals surface area contributed by atoms with Gasteiger partial charge in [-0.05, 0) is 33.6 Å². The molecule has 12 heavy (non-hydrogen) atoms. The summed E-state index contributed by atoms with van der Waals surface area (Å²) in [6.07, 6.45) is 0. The number of nitrogens with two attached hydrogens (primary N) is 2. The van der Waals surface area contributed by atoms with Crippen molar-refractivity contribution in [1.82, 2.24) is 0 Å². The molecule has 0 aliphatic carbocycles. The van der Waals surface area contributed by atoms with E-state index >= 15 is 0 Å². The Kier molecular flexibility index (Phi) is 3.08. The number of benzene rings is 1. The van der Waals surface area contributed by atoms with Crippen molar-refractivity contribution in [3.8, 4) is 0 Å². The third-order valence-electron chi connectivity index (χ3n) is 1.65. The van der Waals surface area contributed by atoms with Gasteiger partial charge in [0.15, 0.2) is 0 Å². The van der Waals surface area contributed by atoms with E-state index in [1.807, 2.05) is 6.07 Å². The second-order valence-electron chi connectivity index (χ2n) is 2.57. The Labute approximate surface area is 79.5 Å². The van der Waals surface area contributed by atoms with E-state index in [4.69, 9.17) is 16.6 Å². The van der Waals surface area contributed by atoms with E-state index in [0.717, 1.165) is 10.0 Å². The minimum absolute atomic E-state index is 0.0592. The van der Waals surface area contributed by atoms with Gasteiger partial charge in [-0.25, -0.2) is 0 Å². The second kappa shape index (κ2) is 3.89. The van der Waals surface area contributed by atoms with Crippen LogP contribution in [0, 0.1) is 0 Å². The second-order valence-corrected chi connectivity index (χ2v) is 3.42. The van der Waals surface area contributed by atoms with Gasteiger partial charge in [0.1, 0.15) is 0 Å². The molecule has 0 aliphatic heterocycles. The van der Waals surface area contributed by atoms with Gasteiger partial charge in [-0.2, -0.15) is 0 Å². The van der Waals surface area contributed by atoms with Crippen LogP contribution in [0.4, 0.5) is 5.69 Å². The van der Waals surface area contributed by atoms with Crippen LogP contribution < -0.4 is 11.5 Å². The van der Waals surface area contributed by atoms with Crippen molar-refractivity contribution in [1.29, 1.82) is 0 Å². The van der Waals surface area contributed by atoms with Crippen LogP contribution in [0.1, 0.15) is 11.6 Å². The van der Waals surface area contributed by atoms with Gasteiger partial charge in [-0.1, -0.05) is 6.07 Å². The third kappa shape index (κ3) is 1.97. The lowest BCUT2D eigenvalue weighted by atomic mass is 10.1. The molecule has 4 heteroatoms. The number of aliphatic hydroxyl groups excluding tert-OH is 1. The molecule has 0 fully saturated rings. The summed E-state index contributed by atoms with van der Waals surface area (Å²) in [5.74, 6) is 0. The smallest absolute Gasteiger partial charge is 0.0624 e. The van der Waals surface area contributed by atoms with E-state index in [1.54, 1.807) is 12.1 Å². The van der Waals surface area contributed by atoms with Crippen molar-refractivity contribution < 1.29 is 5.11 Å². The van der Waals surface area contributed by atoms with Crippen molar-refractivity contribution >= 4 is 21.6 Å². The normalized spacial score (nSPS) is 12.9. The van der Waals surface area contributed by atoms with Crippen LogP contribution in [0.25, 0.3) is 0 Å². The summed E-state index contributed by atoms with van der Waals surface area (Å²) in [6, 6.07) is 5.05. The zero-order chi connectivity index (χ0) is 9.14. The fourth-order valence-electron chi connectivity index (χ4n) is 0.879. The fraction of sp³-hybridized carbons (Fsp3) is 0.250. The van der Waals surface area contributed by atoms with Crippen LogP contribution in [0.2, 0.25) is 0 Å². The molecule has 66 valence electrons. The van der Waals surface area contributed by atoms with Crippen LogP contribution >= 0.6 is 15.9 Å². The van der Waals surface area contributed by atoms with Crippen LogP contribution in [0.5, 0.6) is 0 Å². The Morgan fingerprint density at radius 3 is 2.67 bits per heavy atom. The van der Waals surface area contributed by atoms with Gasteiger partial charge >= 0.3 is 0 Å². The highest BCUT2D eigenvalue weighted by Gasteiger charge is 2.05. The topological polar surface area (TPSA) is 72.3 Å². The summed E-state index contributed by atoms with van der Waals surface area (Å²) in [5.41, 5.74) is 12.7. The molecule has 0 aliphatic rings. The van der Waals surface area contributed by atoms with Gasteiger partial charge < -0.3 is 16.6 Å². The zero-order valence-corrected chi connectivity index (χ0v) is 8.08. The maximum Gasteiger partial charge on any atom is 0.0624 e. The highest BCUT2D eigenvalue weighted by atomic mass is 79.9. The summed E-state index contributed by atoms with van der Waals surface area (Å²) in [4.78, 5) is 0. The number of nitrogen functional groups attached to an aromatic ring is 1. The van der Waals surface area contributed by atoms with Crippen LogP contribution in [0.3, 0.4) is 0 Å². The summed E-state index contributed by atoms with van der Waals surface area (Å²) in [5, 5.41) is 8.78. The average molecular weight is 231 g/mol. The molecule has 0 saturated carbocycles. The third-order valence-corrected chi connectivity index (χ3v) is 2.34. The maximum absolute atomic E-state index is 8.78. The van der Waals surface area contributed by atoms with Crippen molar-refractivity contribution in [3.63, 3.8) is 0 Å². The molecule has 0 saturated heterocycles. The van der Waals surface area contributed by atoms with Crippen molar-refractivity contribution in [3.05, 3.63) is 28.2 Å². The van der Waals surface area contributed by atoms with Gasteiger partial charge in [-0.15, -0.1) is 0 Å². The van der Waals surface area contributed by atoms with Crippen LogP contribution in [-0.4, -0.2) is 11.7 Å². The Hall–Kier alpha value is -0.580. The first kappa shape index (κ1) is 9.51. The van der Waals surface area contributed by atoms with E-state index in [0.29, 0.717) is 5.69 Å². The molecular formula is C8H11BrN2O. The Bertz CT molecular complexity index is 278. The molecule has 0 amide bonds. The highest BCUT2D eigenvalue weighted by molar-refractivity contribution is 9.10. The van der Waals surface area contributed by atoms with E-state index in [9.17, 15) is 0 Å². The largest absolute Gasteiger partial charge is 0.398 e. The van der Waals surface area contributed by atoms with Gasteiger partial charge in [0, 0.05) is 10.2 Å². The number of hydrogen-bond donors (Lipinski definition) is 3. The first-order valence-corrected chi connectivity index (χ1v) is 4.36. The molecule has 3 nitrogen and oxygen atoms in total. The zero-order valence-electron chi connectivity index (χ0n) is 6.50. The Morgan fingerprint density at radius 2 is 2.17 bits per heavy atom. The quantitative estimate of drug-likeness (QED) is 0.665. The Balaban J connectivity index is 2.96. The van der Waals surface area contributed by atoms with Gasteiger partial charge in [0.05, 0.1) is 12.6 Å². The lowest BCUT2D eigenvalue weighted by Crippen LogP contribution is -2.14. The summed E-state index contributed by atoms with van der Waals surface area (Å²) in [6.45, 7) is -0.0592. The SMILES string of the molecule is Nc1ccc([C@@H](N)CO)cc1Br. The number of rotatable bonds is 2. The average Bonchev–Trinajstić information content (AvgIpc) is 2.08. The molecule has 0 aromatic heterocycles. The predicted octanol–water partition coefficient (Wildman–Crippen LogP) is 1.02. The number of hydrogen-bond acceptors (Lipinski definition) is 3. The van der Waals surface area contributed by atoms with E-state index in [2.05, 4.69) is 15.9 Å². The highest BCUT2D eigenvalue weighted by Crippen LogP contribution is 2.22. The molecule has 1 aromatic carbocycles. The molecule has 1 atom stereocenters. The van der Waals surface area contributed by atoms with Gasteiger partial charge in [0.2, 0.25) is 0 Å². The molecule has 1 aromatic rings. The van der Waals surface area contributed by atoms with Crippen molar-refractivity contribution in [2.75, 3.05) is 12.3 Å². The fourth-order valence-corrected chi connectivity index (χ4v) is 1.28. The summed E-state index contributed by atoms with van der Waals surface area (Å²) >= 11 is 3.28. The van der Waals surface area contributed by atoms with Crippen molar-refractivity contribution in [2.24, 2.45) is 5.73 Å². The van der Waals surface area contributed by atoms with Crippen molar-refractivity contribution in [2.45, 2.75) is 6.04 Å². The Morgan fingerprint density at radius 1 is 1.50 bits per heavy atom. The standard InChI is InChI=1S/C8H11BrN2O/c9-6-3-5(8(11)4-12)1-2-7(6)10/h1-3,8,12H,4,10-11H2/t8-/m0/s1. The number of anilines is 1. The molecule has 0 bridgehead atoms. The summed E-state index contributed by atoms with van der Waals surface area (Å²) < 4.78 is 0.809. The first-order chi connectivity index (χ1) is 5.65. The van der Waals surface area contributed by atoms with E-state index < -0.39 is 0 Å².